The van der Waals surface area contributed by atoms with Crippen molar-refractivity contribution in [2.45, 2.75) is 31.9 Å². The highest BCUT2D eigenvalue weighted by Gasteiger charge is 2.33. The average molecular weight is 255 g/mol. The molecule has 5 heteroatoms. The molecule has 0 spiro atoms. The fraction of sp³-hybridized carbons (Fsp3) is 0.923. The molecule has 5 nitrogen and oxygen atoms in total. The quantitative estimate of drug-likeness (QED) is 0.746. The third kappa shape index (κ3) is 3.43. The summed E-state index contributed by atoms with van der Waals surface area (Å²) in [5, 5.41) is 3.26. The van der Waals surface area contributed by atoms with Crippen molar-refractivity contribution in [3.8, 4) is 0 Å². The van der Waals surface area contributed by atoms with Gasteiger partial charge in [-0.2, -0.15) is 0 Å². The van der Waals surface area contributed by atoms with Gasteiger partial charge in [0, 0.05) is 38.8 Å². The van der Waals surface area contributed by atoms with Crippen LogP contribution in [-0.2, 0) is 9.53 Å². The standard InChI is InChI=1S/C13H25N3O2/c1-3-18-12-8-11(9-12)15(2)10-13(17)16-6-4-14-5-7-16/h11-12,14H,3-10H2,1-2H3. The van der Waals surface area contributed by atoms with Crippen molar-refractivity contribution in [1.82, 2.24) is 15.1 Å². The van der Waals surface area contributed by atoms with Gasteiger partial charge in [-0.15, -0.1) is 0 Å². The Morgan fingerprint density at radius 3 is 2.67 bits per heavy atom. The molecule has 2 rings (SSSR count). The van der Waals surface area contributed by atoms with E-state index in [1.165, 1.54) is 0 Å². The van der Waals surface area contributed by atoms with Crippen molar-refractivity contribution in [1.29, 1.82) is 0 Å². The molecule has 0 atom stereocenters. The molecular weight excluding hydrogens is 230 g/mol. The van der Waals surface area contributed by atoms with Crippen molar-refractivity contribution in [2.24, 2.45) is 0 Å². The lowest BCUT2D eigenvalue weighted by atomic mass is 9.88. The van der Waals surface area contributed by atoms with E-state index in [-0.39, 0.29) is 5.91 Å². The summed E-state index contributed by atoms with van der Waals surface area (Å²) in [4.78, 5) is 16.2. The predicted molar refractivity (Wildman–Crippen MR) is 70.5 cm³/mol. The van der Waals surface area contributed by atoms with Crippen LogP contribution in [0, 0.1) is 0 Å². The van der Waals surface area contributed by atoms with E-state index in [2.05, 4.69) is 10.2 Å². The fourth-order valence-corrected chi connectivity index (χ4v) is 2.63. The Morgan fingerprint density at radius 1 is 1.39 bits per heavy atom. The summed E-state index contributed by atoms with van der Waals surface area (Å²) in [5.41, 5.74) is 0. The average Bonchev–Trinajstić information content (AvgIpc) is 2.34. The van der Waals surface area contributed by atoms with Gasteiger partial charge in [0.15, 0.2) is 0 Å². The first kappa shape index (κ1) is 13.8. The van der Waals surface area contributed by atoms with Gasteiger partial charge in [-0.25, -0.2) is 0 Å². The van der Waals surface area contributed by atoms with Crippen LogP contribution in [0.2, 0.25) is 0 Å². The maximum absolute atomic E-state index is 12.1. The van der Waals surface area contributed by atoms with Crippen molar-refractivity contribution in [3.63, 3.8) is 0 Å². The van der Waals surface area contributed by atoms with Gasteiger partial charge in [-0.3, -0.25) is 9.69 Å². The zero-order valence-corrected chi connectivity index (χ0v) is 11.5. The Balaban J connectivity index is 1.68. The lowest BCUT2D eigenvalue weighted by Gasteiger charge is -2.41. The largest absolute Gasteiger partial charge is 0.378 e. The second kappa shape index (κ2) is 6.50. The Hall–Kier alpha value is -0.650. The van der Waals surface area contributed by atoms with E-state index < -0.39 is 0 Å². The number of nitrogens with one attached hydrogen (secondary N) is 1. The lowest BCUT2D eigenvalue weighted by Crippen LogP contribution is -2.53. The molecule has 0 aromatic carbocycles. The highest BCUT2D eigenvalue weighted by molar-refractivity contribution is 5.78. The van der Waals surface area contributed by atoms with Gasteiger partial charge in [-0.1, -0.05) is 0 Å². The zero-order valence-electron chi connectivity index (χ0n) is 11.5. The van der Waals surface area contributed by atoms with Crippen LogP contribution in [0.5, 0.6) is 0 Å². The smallest absolute Gasteiger partial charge is 0.236 e. The van der Waals surface area contributed by atoms with Gasteiger partial charge in [0.2, 0.25) is 5.91 Å². The zero-order chi connectivity index (χ0) is 13.0. The van der Waals surface area contributed by atoms with E-state index in [1.54, 1.807) is 0 Å². The summed E-state index contributed by atoms with van der Waals surface area (Å²) in [5.74, 6) is 0.263. The topological polar surface area (TPSA) is 44.8 Å². The van der Waals surface area contributed by atoms with Crippen LogP contribution in [0.1, 0.15) is 19.8 Å². The van der Waals surface area contributed by atoms with E-state index in [9.17, 15) is 4.79 Å². The number of piperazine rings is 1. The van der Waals surface area contributed by atoms with E-state index in [1.807, 2.05) is 18.9 Å². The normalized spacial score (nSPS) is 28.3. The Bertz CT molecular complexity index is 273. The van der Waals surface area contributed by atoms with Crippen molar-refractivity contribution < 1.29 is 9.53 Å². The molecule has 1 aliphatic carbocycles. The molecule has 1 N–H and O–H groups in total. The molecule has 1 heterocycles. The van der Waals surface area contributed by atoms with Gasteiger partial charge in [0.05, 0.1) is 12.6 Å². The lowest BCUT2D eigenvalue weighted by molar-refractivity contribution is -0.134. The molecule has 2 aliphatic rings. The summed E-state index contributed by atoms with van der Waals surface area (Å²) in [6.07, 6.45) is 2.55. The number of likely N-dealkylation sites (N-methyl/N-ethyl adjacent to an activating group) is 1. The van der Waals surface area contributed by atoms with Crippen LogP contribution >= 0.6 is 0 Å². The van der Waals surface area contributed by atoms with Gasteiger partial charge < -0.3 is 15.0 Å². The van der Waals surface area contributed by atoms with E-state index in [0.29, 0.717) is 18.7 Å². The highest BCUT2D eigenvalue weighted by atomic mass is 16.5. The van der Waals surface area contributed by atoms with Crippen LogP contribution in [-0.4, -0.2) is 74.2 Å². The number of carbonyl (C=O) groups is 1. The number of ether oxygens (including phenoxy) is 1. The SMILES string of the molecule is CCOC1CC(N(C)CC(=O)N2CCNCC2)C1. The molecule has 104 valence electrons. The number of hydrogen-bond donors (Lipinski definition) is 1. The number of hydrogen-bond acceptors (Lipinski definition) is 4. The van der Waals surface area contributed by atoms with Gasteiger partial charge in [-0.05, 0) is 26.8 Å². The summed E-state index contributed by atoms with van der Waals surface area (Å²) < 4.78 is 5.55. The second-order valence-electron chi connectivity index (χ2n) is 5.25. The number of nitrogens with zero attached hydrogens (tertiary/aromatic N) is 2. The van der Waals surface area contributed by atoms with E-state index in [4.69, 9.17) is 4.74 Å². The molecule has 0 aromatic heterocycles. The maximum Gasteiger partial charge on any atom is 0.236 e. The summed E-state index contributed by atoms with van der Waals surface area (Å²) in [6.45, 7) is 6.91. The first-order valence-corrected chi connectivity index (χ1v) is 7.01. The van der Waals surface area contributed by atoms with Gasteiger partial charge >= 0.3 is 0 Å². The Morgan fingerprint density at radius 2 is 2.06 bits per heavy atom. The third-order valence-corrected chi connectivity index (χ3v) is 3.95. The van der Waals surface area contributed by atoms with Crippen LogP contribution in [0.4, 0.5) is 0 Å². The molecule has 2 fully saturated rings. The third-order valence-electron chi connectivity index (χ3n) is 3.95. The van der Waals surface area contributed by atoms with Gasteiger partial charge in [0.25, 0.3) is 0 Å². The molecule has 1 amide bonds. The van der Waals surface area contributed by atoms with Crippen LogP contribution in [0.15, 0.2) is 0 Å². The first-order valence-electron chi connectivity index (χ1n) is 7.01. The summed E-state index contributed by atoms with van der Waals surface area (Å²) >= 11 is 0. The molecule has 0 radical (unpaired) electrons. The fourth-order valence-electron chi connectivity index (χ4n) is 2.63. The van der Waals surface area contributed by atoms with E-state index in [0.717, 1.165) is 45.6 Å². The maximum atomic E-state index is 12.1. The predicted octanol–water partition coefficient (Wildman–Crippen LogP) is -0.0825. The molecule has 0 unspecified atom stereocenters. The monoisotopic (exact) mass is 255 g/mol. The van der Waals surface area contributed by atoms with Crippen LogP contribution < -0.4 is 5.32 Å². The Kier molecular flexibility index (Phi) is 4.97. The molecule has 18 heavy (non-hydrogen) atoms. The number of carbonyl (C=O) groups excluding carboxylic acids is 1. The van der Waals surface area contributed by atoms with Crippen molar-refractivity contribution >= 4 is 5.91 Å². The molecule has 0 aromatic rings. The number of rotatable bonds is 5. The first-order chi connectivity index (χ1) is 8.70. The van der Waals surface area contributed by atoms with Gasteiger partial charge in [0.1, 0.15) is 0 Å². The number of amides is 1. The molecule has 1 aliphatic heterocycles. The van der Waals surface area contributed by atoms with E-state index >= 15 is 0 Å². The molecule has 0 bridgehead atoms. The van der Waals surface area contributed by atoms with Crippen LogP contribution in [0.3, 0.4) is 0 Å². The van der Waals surface area contributed by atoms with Crippen molar-refractivity contribution in [2.75, 3.05) is 46.4 Å². The Labute approximate surface area is 109 Å². The second-order valence-corrected chi connectivity index (χ2v) is 5.25. The minimum Gasteiger partial charge on any atom is -0.378 e. The highest BCUT2D eigenvalue weighted by Crippen LogP contribution is 2.27. The van der Waals surface area contributed by atoms with Crippen LogP contribution in [0.25, 0.3) is 0 Å². The summed E-state index contributed by atoms with van der Waals surface area (Å²) in [7, 11) is 2.05. The molecule has 1 saturated carbocycles. The molecular formula is C13H25N3O2. The minimum absolute atomic E-state index is 0.263. The molecule has 1 saturated heterocycles. The minimum atomic E-state index is 0.263. The van der Waals surface area contributed by atoms with Crippen molar-refractivity contribution in [3.05, 3.63) is 0 Å². The summed E-state index contributed by atoms with van der Waals surface area (Å²) in [6, 6.07) is 0.522.